The van der Waals surface area contributed by atoms with Gasteiger partial charge in [-0.3, -0.25) is 9.58 Å². The Balaban J connectivity index is 1.80. The second-order valence-corrected chi connectivity index (χ2v) is 7.56. The molecule has 11 nitrogen and oxygen atoms in total. The van der Waals surface area contributed by atoms with Crippen LogP contribution >= 0.6 is 0 Å². The highest BCUT2D eigenvalue weighted by Crippen LogP contribution is 2.29. The van der Waals surface area contributed by atoms with Crippen molar-refractivity contribution in [3.8, 4) is 0 Å². The van der Waals surface area contributed by atoms with Gasteiger partial charge in [0, 0.05) is 46.0 Å². The van der Waals surface area contributed by atoms with Gasteiger partial charge < -0.3 is 19.7 Å². The van der Waals surface area contributed by atoms with E-state index in [1.54, 1.807) is 6.20 Å². The maximum atomic E-state index is 5.61. The van der Waals surface area contributed by atoms with Gasteiger partial charge in [0.05, 0.1) is 26.4 Å². The zero-order valence-electron chi connectivity index (χ0n) is 19.0. The molecule has 0 atom stereocenters. The summed E-state index contributed by atoms with van der Waals surface area (Å²) in [5.41, 5.74) is 2.62. The van der Waals surface area contributed by atoms with Gasteiger partial charge in [0.25, 0.3) is 0 Å². The molecule has 3 aromatic heterocycles. The van der Waals surface area contributed by atoms with Gasteiger partial charge in [0.1, 0.15) is 28.9 Å². The molecule has 32 heavy (non-hydrogen) atoms. The van der Waals surface area contributed by atoms with Gasteiger partial charge >= 0.3 is 0 Å². The van der Waals surface area contributed by atoms with Crippen molar-refractivity contribution in [2.45, 2.75) is 26.9 Å². The Morgan fingerprint density at radius 1 is 1.22 bits per heavy atom. The van der Waals surface area contributed by atoms with E-state index in [2.05, 4.69) is 27.1 Å². The molecule has 0 saturated carbocycles. The molecule has 0 amide bonds. The molecule has 172 valence electrons. The molecule has 4 rings (SSSR count). The molecule has 0 radical (unpaired) electrons. The second-order valence-electron chi connectivity index (χ2n) is 7.56. The summed E-state index contributed by atoms with van der Waals surface area (Å²) in [5, 5.41) is 8.29. The molecular weight excluding hydrogens is 410 g/mol. The third-order valence-electron chi connectivity index (χ3n) is 5.42. The minimum atomic E-state index is 0.563. The smallest absolute Gasteiger partial charge is 0.227 e. The lowest BCUT2D eigenvalue weighted by Gasteiger charge is -2.25. The van der Waals surface area contributed by atoms with Crippen molar-refractivity contribution in [3.63, 3.8) is 0 Å². The molecule has 4 heterocycles. The van der Waals surface area contributed by atoms with E-state index in [-0.39, 0.29) is 0 Å². The second kappa shape index (κ2) is 10.6. The lowest BCUT2D eigenvalue weighted by atomic mass is 10.3. The van der Waals surface area contributed by atoms with Crippen LogP contribution in [0.25, 0.3) is 11.0 Å². The first kappa shape index (κ1) is 22.3. The lowest BCUT2D eigenvalue weighted by Crippen LogP contribution is -2.35. The summed E-state index contributed by atoms with van der Waals surface area (Å²) in [6, 6.07) is 1.81. The molecule has 11 heteroatoms. The predicted molar refractivity (Wildman–Crippen MR) is 122 cm³/mol. The number of fused-ring (bicyclic) bond motifs is 1. The van der Waals surface area contributed by atoms with Crippen molar-refractivity contribution >= 4 is 28.6 Å². The molecule has 3 aromatic rings. The van der Waals surface area contributed by atoms with Crippen LogP contribution in [0.15, 0.2) is 18.6 Å². The molecule has 1 saturated heterocycles. The van der Waals surface area contributed by atoms with E-state index in [1.807, 2.05) is 29.6 Å². The first-order valence-electron chi connectivity index (χ1n) is 11.1. The first-order chi connectivity index (χ1) is 15.7. The summed E-state index contributed by atoms with van der Waals surface area (Å²) in [6.45, 7) is 10.6. The number of rotatable bonds is 10. The van der Waals surface area contributed by atoms with Gasteiger partial charge in [-0.1, -0.05) is 0 Å². The Morgan fingerprint density at radius 2 is 2.06 bits per heavy atom. The molecule has 0 bridgehead atoms. The minimum absolute atomic E-state index is 0.563. The zero-order chi connectivity index (χ0) is 22.3. The van der Waals surface area contributed by atoms with E-state index >= 15 is 0 Å². The number of nitrogens with one attached hydrogen (secondary N) is 1. The molecule has 1 N–H and O–H groups in total. The molecule has 0 aromatic carbocycles. The van der Waals surface area contributed by atoms with Gasteiger partial charge in [-0.25, -0.2) is 15.0 Å². The third kappa shape index (κ3) is 5.12. The zero-order valence-corrected chi connectivity index (χ0v) is 19.0. The monoisotopic (exact) mass is 441 g/mol. The predicted octanol–water partition coefficient (Wildman–Crippen LogP) is 1.68. The summed E-state index contributed by atoms with van der Waals surface area (Å²) in [5.74, 6) is 1.97. The van der Waals surface area contributed by atoms with Crippen molar-refractivity contribution in [1.82, 2.24) is 34.6 Å². The van der Waals surface area contributed by atoms with Crippen molar-refractivity contribution in [2.24, 2.45) is 0 Å². The van der Waals surface area contributed by atoms with Crippen LogP contribution in [0.3, 0.4) is 0 Å². The summed E-state index contributed by atoms with van der Waals surface area (Å²) < 4.78 is 13.1. The summed E-state index contributed by atoms with van der Waals surface area (Å²) in [7, 11) is 1.98. The minimum Gasteiger partial charge on any atom is -0.380 e. The van der Waals surface area contributed by atoms with E-state index < -0.39 is 0 Å². The highest BCUT2D eigenvalue weighted by atomic mass is 16.5. The maximum Gasteiger partial charge on any atom is 0.227 e. The van der Waals surface area contributed by atoms with Crippen LogP contribution in [-0.4, -0.2) is 87.7 Å². The van der Waals surface area contributed by atoms with Gasteiger partial charge in [-0.15, -0.1) is 0 Å². The molecule has 0 spiro atoms. The van der Waals surface area contributed by atoms with E-state index in [9.17, 15) is 0 Å². The Kier molecular flexibility index (Phi) is 7.40. The van der Waals surface area contributed by atoms with Crippen LogP contribution in [-0.2, 0) is 22.6 Å². The van der Waals surface area contributed by atoms with E-state index in [1.165, 1.54) is 6.33 Å². The molecule has 0 aliphatic carbocycles. The quantitative estimate of drug-likeness (QED) is 0.467. The van der Waals surface area contributed by atoms with Crippen molar-refractivity contribution < 1.29 is 9.47 Å². The van der Waals surface area contributed by atoms with Gasteiger partial charge in [-0.05, 0) is 19.9 Å². The number of hydrogen-bond acceptors (Lipinski definition) is 10. The number of ether oxygens (including phenoxy) is 2. The number of anilines is 3. The Bertz CT molecular complexity index is 1010. The van der Waals surface area contributed by atoms with Crippen LogP contribution in [0.5, 0.6) is 0 Å². The molecular formula is C21H31N9O2. The Morgan fingerprint density at radius 3 is 2.78 bits per heavy atom. The normalized spacial score (nSPS) is 14.7. The van der Waals surface area contributed by atoms with Crippen LogP contribution < -0.4 is 10.2 Å². The fourth-order valence-electron chi connectivity index (χ4n) is 3.55. The number of aromatic nitrogens is 6. The van der Waals surface area contributed by atoms with Gasteiger partial charge in [0.2, 0.25) is 5.95 Å². The molecule has 1 fully saturated rings. The highest BCUT2D eigenvalue weighted by Gasteiger charge is 2.22. The first-order valence-corrected chi connectivity index (χ1v) is 11.1. The summed E-state index contributed by atoms with van der Waals surface area (Å²) in [4.78, 5) is 22.4. The fourth-order valence-corrected chi connectivity index (χ4v) is 3.55. The number of hydrogen-bond donors (Lipinski definition) is 1. The third-order valence-corrected chi connectivity index (χ3v) is 5.42. The standard InChI is InChI=1S/C21H31N9O2/c1-4-28(3)21-25-18-16(14-29-8-11-32-12-9-29)27-30(10-13-31-5-2)19(18)20(26-21)24-17-6-7-22-15-23-17/h6-7,15H,4-5,8-14H2,1-3H3,(H,22,23,24,25,26). The Labute approximate surface area is 187 Å². The van der Waals surface area contributed by atoms with Gasteiger partial charge in [-0.2, -0.15) is 10.1 Å². The van der Waals surface area contributed by atoms with Crippen molar-refractivity contribution in [2.75, 3.05) is 63.3 Å². The molecule has 1 aliphatic heterocycles. The Hall–Kier alpha value is -2.89. The van der Waals surface area contributed by atoms with Crippen LogP contribution in [0.1, 0.15) is 19.5 Å². The van der Waals surface area contributed by atoms with E-state index in [0.29, 0.717) is 43.9 Å². The number of morpholine rings is 1. The van der Waals surface area contributed by atoms with Crippen LogP contribution in [0.4, 0.5) is 17.6 Å². The average Bonchev–Trinajstić information content (AvgIpc) is 3.17. The van der Waals surface area contributed by atoms with Crippen LogP contribution in [0, 0.1) is 0 Å². The van der Waals surface area contributed by atoms with E-state index in [0.717, 1.165) is 49.6 Å². The largest absolute Gasteiger partial charge is 0.380 e. The molecule has 1 aliphatic rings. The van der Waals surface area contributed by atoms with Crippen molar-refractivity contribution in [3.05, 3.63) is 24.3 Å². The maximum absolute atomic E-state index is 5.61. The van der Waals surface area contributed by atoms with Crippen LogP contribution in [0.2, 0.25) is 0 Å². The lowest BCUT2D eigenvalue weighted by molar-refractivity contribution is 0.0337. The molecule has 0 unspecified atom stereocenters. The SMILES string of the molecule is CCOCCn1nc(CN2CCOCC2)c2nc(N(C)CC)nc(Nc3ccncn3)c21. The summed E-state index contributed by atoms with van der Waals surface area (Å²) in [6.07, 6.45) is 3.21. The summed E-state index contributed by atoms with van der Waals surface area (Å²) >= 11 is 0. The topological polar surface area (TPSA) is 106 Å². The van der Waals surface area contributed by atoms with E-state index in [4.69, 9.17) is 24.5 Å². The van der Waals surface area contributed by atoms with Crippen molar-refractivity contribution in [1.29, 1.82) is 0 Å². The number of nitrogens with zero attached hydrogens (tertiary/aromatic N) is 8. The highest BCUT2D eigenvalue weighted by molar-refractivity contribution is 5.90. The van der Waals surface area contributed by atoms with Gasteiger partial charge in [0.15, 0.2) is 5.82 Å². The average molecular weight is 442 g/mol. The fraction of sp³-hybridized carbons (Fsp3) is 0.571.